The summed E-state index contributed by atoms with van der Waals surface area (Å²) in [5.41, 5.74) is 7.59. The fraction of sp³-hybridized carbons (Fsp3) is 0.217. The molecule has 0 saturated heterocycles. The Kier molecular flexibility index (Phi) is 3.65. The van der Waals surface area contributed by atoms with E-state index in [2.05, 4.69) is 81.5 Å². The van der Waals surface area contributed by atoms with Crippen LogP contribution >= 0.6 is 0 Å². The highest BCUT2D eigenvalue weighted by molar-refractivity contribution is 5.91. The van der Waals surface area contributed by atoms with E-state index >= 15 is 0 Å². The molecule has 24 heavy (non-hydrogen) atoms. The van der Waals surface area contributed by atoms with Gasteiger partial charge in [0.1, 0.15) is 11.5 Å². The number of hydrogen-bond donors (Lipinski definition) is 0. The van der Waals surface area contributed by atoms with E-state index in [1.807, 2.05) is 0 Å². The van der Waals surface area contributed by atoms with Crippen LogP contribution in [0, 0.1) is 12.8 Å². The number of hydrogen-bond acceptors (Lipinski definition) is 1. The minimum atomic E-state index is 0.401. The van der Waals surface area contributed by atoms with Crippen molar-refractivity contribution in [3.8, 4) is 5.75 Å². The summed E-state index contributed by atoms with van der Waals surface area (Å²) >= 11 is 0. The SMILES string of the molecule is CCc1ccccc1C1=C2C=CC(C)C=C2Oc2cc(C)ccc21. The van der Waals surface area contributed by atoms with Gasteiger partial charge in [-0.25, -0.2) is 0 Å². The Morgan fingerprint density at radius 1 is 1.04 bits per heavy atom. The molecule has 0 spiro atoms. The van der Waals surface area contributed by atoms with Crippen molar-refractivity contribution in [2.45, 2.75) is 27.2 Å². The molecule has 4 rings (SSSR count). The van der Waals surface area contributed by atoms with Crippen molar-refractivity contribution in [2.75, 3.05) is 0 Å². The summed E-state index contributed by atoms with van der Waals surface area (Å²) in [6.07, 6.45) is 7.71. The second-order valence-corrected chi connectivity index (χ2v) is 6.65. The lowest BCUT2D eigenvalue weighted by Gasteiger charge is -2.28. The maximum absolute atomic E-state index is 6.26. The van der Waals surface area contributed by atoms with Gasteiger partial charge in [0.2, 0.25) is 0 Å². The Bertz CT molecular complexity index is 896. The van der Waals surface area contributed by atoms with Gasteiger partial charge in [0, 0.05) is 16.7 Å². The van der Waals surface area contributed by atoms with E-state index in [0.29, 0.717) is 5.92 Å². The molecule has 0 bridgehead atoms. The molecule has 0 aromatic heterocycles. The van der Waals surface area contributed by atoms with Crippen molar-refractivity contribution < 1.29 is 4.74 Å². The molecule has 0 fully saturated rings. The third kappa shape index (κ3) is 2.41. The van der Waals surface area contributed by atoms with Crippen molar-refractivity contribution in [1.29, 1.82) is 0 Å². The van der Waals surface area contributed by atoms with Crippen LogP contribution in [-0.4, -0.2) is 0 Å². The summed E-state index contributed by atoms with van der Waals surface area (Å²) in [5.74, 6) is 2.36. The highest BCUT2D eigenvalue weighted by atomic mass is 16.5. The lowest BCUT2D eigenvalue weighted by atomic mass is 9.84. The van der Waals surface area contributed by atoms with Crippen LogP contribution in [0.5, 0.6) is 5.75 Å². The predicted octanol–water partition coefficient (Wildman–Crippen LogP) is 5.84. The second-order valence-electron chi connectivity index (χ2n) is 6.65. The van der Waals surface area contributed by atoms with Gasteiger partial charge >= 0.3 is 0 Å². The Morgan fingerprint density at radius 3 is 2.71 bits per heavy atom. The van der Waals surface area contributed by atoms with Crippen LogP contribution in [0.1, 0.15) is 36.1 Å². The molecule has 2 aromatic carbocycles. The van der Waals surface area contributed by atoms with Gasteiger partial charge in [0.15, 0.2) is 0 Å². The standard InChI is InChI=1S/C23H22O/c1-4-17-7-5-6-8-18(17)23-19-11-9-15(2)13-21(19)24-22-14-16(3)10-12-20(22)23/h5-15H,4H2,1-3H3. The number of rotatable bonds is 2. The van der Waals surface area contributed by atoms with Gasteiger partial charge in [0.05, 0.1) is 0 Å². The summed E-state index contributed by atoms with van der Waals surface area (Å²) in [5, 5.41) is 0. The van der Waals surface area contributed by atoms with Gasteiger partial charge in [0.25, 0.3) is 0 Å². The van der Waals surface area contributed by atoms with Crippen LogP contribution in [0.4, 0.5) is 0 Å². The van der Waals surface area contributed by atoms with E-state index in [4.69, 9.17) is 4.74 Å². The molecule has 2 aromatic rings. The molecule has 1 heteroatoms. The highest BCUT2D eigenvalue weighted by Crippen LogP contribution is 2.44. The van der Waals surface area contributed by atoms with E-state index in [-0.39, 0.29) is 0 Å². The normalized spacial score (nSPS) is 18.6. The Balaban J connectivity index is 2.03. The van der Waals surface area contributed by atoms with Crippen molar-refractivity contribution >= 4 is 5.57 Å². The Hall–Kier alpha value is -2.54. The minimum absolute atomic E-state index is 0.401. The first-order valence-electron chi connectivity index (χ1n) is 8.69. The lowest BCUT2D eigenvalue weighted by Crippen LogP contribution is -2.14. The van der Waals surface area contributed by atoms with Crippen molar-refractivity contribution in [1.82, 2.24) is 0 Å². The van der Waals surface area contributed by atoms with Gasteiger partial charge in [-0.05, 0) is 48.1 Å². The third-order valence-corrected chi connectivity index (χ3v) is 4.81. The first-order chi connectivity index (χ1) is 11.7. The molecule has 0 saturated carbocycles. The summed E-state index contributed by atoms with van der Waals surface area (Å²) in [6.45, 7) is 6.52. The fourth-order valence-electron chi connectivity index (χ4n) is 3.56. The van der Waals surface area contributed by atoms with Crippen LogP contribution in [0.2, 0.25) is 0 Å². The third-order valence-electron chi connectivity index (χ3n) is 4.81. The molecule has 1 atom stereocenters. The molecule has 0 radical (unpaired) electrons. The summed E-state index contributed by atoms with van der Waals surface area (Å²) in [4.78, 5) is 0. The van der Waals surface area contributed by atoms with Crippen LogP contribution < -0.4 is 4.74 Å². The molecule has 1 aliphatic heterocycles. The zero-order valence-corrected chi connectivity index (χ0v) is 14.5. The number of benzene rings is 2. The van der Waals surface area contributed by atoms with Gasteiger partial charge in [-0.2, -0.15) is 0 Å². The molecule has 1 aliphatic carbocycles. The van der Waals surface area contributed by atoms with E-state index in [1.165, 1.54) is 33.4 Å². The van der Waals surface area contributed by atoms with Gasteiger partial charge in [-0.3, -0.25) is 0 Å². The molecule has 1 heterocycles. The number of fused-ring (bicyclic) bond motifs is 2. The fourth-order valence-corrected chi connectivity index (χ4v) is 3.56. The van der Waals surface area contributed by atoms with Crippen LogP contribution in [0.25, 0.3) is 5.57 Å². The largest absolute Gasteiger partial charge is 0.456 e. The Labute approximate surface area is 144 Å². The maximum Gasteiger partial charge on any atom is 0.135 e. The Morgan fingerprint density at radius 2 is 1.88 bits per heavy atom. The van der Waals surface area contributed by atoms with Crippen molar-refractivity contribution in [3.05, 3.63) is 94.3 Å². The lowest BCUT2D eigenvalue weighted by molar-refractivity contribution is 0.425. The maximum atomic E-state index is 6.26. The number of allylic oxidation sites excluding steroid dienone is 3. The molecule has 0 N–H and O–H groups in total. The van der Waals surface area contributed by atoms with Gasteiger partial charge < -0.3 is 4.74 Å². The molecule has 1 nitrogen and oxygen atoms in total. The number of ether oxygens (including phenoxy) is 1. The van der Waals surface area contributed by atoms with E-state index in [9.17, 15) is 0 Å². The van der Waals surface area contributed by atoms with Gasteiger partial charge in [-0.1, -0.05) is 62.4 Å². The second kappa shape index (κ2) is 5.83. The zero-order valence-electron chi connectivity index (χ0n) is 14.5. The van der Waals surface area contributed by atoms with Crippen molar-refractivity contribution in [3.63, 3.8) is 0 Å². The quantitative estimate of drug-likeness (QED) is 0.676. The summed E-state index contributed by atoms with van der Waals surface area (Å²) in [6, 6.07) is 15.2. The molecule has 120 valence electrons. The predicted molar refractivity (Wildman–Crippen MR) is 100 cm³/mol. The average molecular weight is 314 g/mol. The smallest absolute Gasteiger partial charge is 0.135 e. The van der Waals surface area contributed by atoms with Crippen LogP contribution in [-0.2, 0) is 6.42 Å². The summed E-state index contributed by atoms with van der Waals surface area (Å²) < 4.78 is 6.26. The molecule has 2 aliphatic rings. The minimum Gasteiger partial charge on any atom is -0.456 e. The zero-order chi connectivity index (χ0) is 16.7. The first kappa shape index (κ1) is 15.0. The van der Waals surface area contributed by atoms with Crippen LogP contribution in [0.3, 0.4) is 0 Å². The molecular weight excluding hydrogens is 292 g/mol. The summed E-state index contributed by atoms with van der Waals surface area (Å²) in [7, 11) is 0. The molecule has 1 unspecified atom stereocenters. The van der Waals surface area contributed by atoms with Crippen LogP contribution in [0.15, 0.2) is 72.0 Å². The van der Waals surface area contributed by atoms with E-state index < -0.39 is 0 Å². The first-order valence-corrected chi connectivity index (χ1v) is 8.69. The van der Waals surface area contributed by atoms with Crippen molar-refractivity contribution in [2.24, 2.45) is 5.92 Å². The average Bonchev–Trinajstić information content (AvgIpc) is 2.59. The molecule has 0 amide bonds. The topological polar surface area (TPSA) is 9.23 Å². The number of aryl methyl sites for hydroxylation is 2. The monoisotopic (exact) mass is 314 g/mol. The van der Waals surface area contributed by atoms with Gasteiger partial charge in [-0.15, -0.1) is 0 Å². The van der Waals surface area contributed by atoms with E-state index in [1.54, 1.807) is 0 Å². The molecular formula is C23H22O. The highest BCUT2D eigenvalue weighted by Gasteiger charge is 2.27. The van der Waals surface area contributed by atoms with E-state index in [0.717, 1.165) is 17.9 Å².